The Balaban J connectivity index is -0.000000616. The molecule has 0 aliphatic rings. The summed E-state index contributed by atoms with van der Waals surface area (Å²) in [4.78, 5) is 11.8. The summed E-state index contributed by atoms with van der Waals surface area (Å²) in [6, 6.07) is 0.290. The predicted octanol–water partition coefficient (Wildman–Crippen LogP) is 3.65. The standard InChI is InChI=1S/C11H24NOP.C2H6.V/c1-8(2)7-9(3)12-10(13)11(4,5)14-6;1-2;/h8-9,14H,7H2,1-6H3,(H,12,13);1-2H3;. The minimum atomic E-state index is -0.203. The van der Waals surface area contributed by atoms with E-state index < -0.39 is 0 Å². The van der Waals surface area contributed by atoms with Gasteiger partial charge < -0.3 is 5.32 Å². The van der Waals surface area contributed by atoms with Crippen molar-refractivity contribution in [1.29, 1.82) is 0 Å². The molecule has 0 aromatic heterocycles. The molecule has 0 rings (SSSR count). The van der Waals surface area contributed by atoms with E-state index in [4.69, 9.17) is 0 Å². The zero-order valence-corrected chi connectivity index (χ0v) is 15.1. The summed E-state index contributed by atoms with van der Waals surface area (Å²) in [5.41, 5.74) is 0. The molecule has 103 valence electrons. The molecule has 0 saturated heterocycles. The molecule has 1 radical (unpaired) electrons. The largest absolute Gasteiger partial charge is 0.353 e. The van der Waals surface area contributed by atoms with E-state index in [2.05, 4.69) is 32.8 Å². The van der Waals surface area contributed by atoms with Gasteiger partial charge in [-0.15, -0.1) is 8.58 Å². The van der Waals surface area contributed by atoms with Gasteiger partial charge in [-0.2, -0.15) is 0 Å². The zero-order valence-electron chi connectivity index (χ0n) is 12.7. The maximum Gasteiger partial charge on any atom is 0.229 e. The molecule has 0 aliphatic carbocycles. The number of rotatable bonds is 5. The molecule has 0 spiro atoms. The SMILES string of the molecule is CC.CPC(C)(C)C(=O)NC(C)CC(C)C.[V]. The summed E-state index contributed by atoms with van der Waals surface area (Å²) in [6.07, 6.45) is 1.05. The van der Waals surface area contributed by atoms with Crippen LogP contribution in [0.5, 0.6) is 0 Å². The Morgan fingerprint density at radius 1 is 1.24 bits per heavy atom. The number of carbonyl (C=O) groups excluding carboxylic acids is 1. The van der Waals surface area contributed by atoms with Gasteiger partial charge in [0.1, 0.15) is 0 Å². The first-order valence-electron chi connectivity index (χ1n) is 6.29. The maximum absolute atomic E-state index is 11.8. The molecule has 0 fully saturated rings. The Morgan fingerprint density at radius 2 is 1.65 bits per heavy atom. The molecule has 2 atom stereocenters. The van der Waals surface area contributed by atoms with Crippen LogP contribution in [-0.4, -0.2) is 23.8 Å². The molecule has 0 heterocycles. The van der Waals surface area contributed by atoms with Crippen molar-refractivity contribution in [2.75, 3.05) is 6.66 Å². The van der Waals surface area contributed by atoms with E-state index in [1.54, 1.807) is 0 Å². The summed E-state index contributed by atoms with van der Waals surface area (Å²) in [5.74, 6) is 0.823. The van der Waals surface area contributed by atoms with Crippen LogP contribution in [0, 0.1) is 5.92 Å². The third kappa shape index (κ3) is 11.3. The molecule has 2 nitrogen and oxygen atoms in total. The smallest absolute Gasteiger partial charge is 0.229 e. The Hall–Kier alpha value is 0.484. The van der Waals surface area contributed by atoms with E-state index in [-0.39, 0.29) is 35.7 Å². The molecule has 17 heavy (non-hydrogen) atoms. The van der Waals surface area contributed by atoms with Crippen molar-refractivity contribution in [3.63, 3.8) is 0 Å². The number of hydrogen-bond donors (Lipinski definition) is 1. The number of carbonyl (C=O) groups is 1. The third-order valence-corrected chi connectivity index (χ3v) is 3.87. The van der Waals surface area contributed by atoms with Crippen LogP contribution in [0.1, 0.15) is 54.9 Å². The molecule has 0 aromatic carbocycles. The van der Waals surface area contributed by atoms with Crippen LogP contribution < -0.4 is 5.32 Å². The third-order valence-electron chi connectivity index (χ3n) is 2.40. The van der Waals surface area contributed by atoms with Crippen LogP contribution in [-0.2, 0) is 23.4 Å². The fourth-order valence-electron chi connectivity index (χ4n) is 1.28. The molecular weight excluding hydrogens is 268 g/mol. The van der Waals surface area contributed by atoms with Gasteiger partial charge in [-0.1, -0.05) is 27.7 Å². The average molecular weight is 298 g/mol. The second-order valence-corrected chi connectivity index (χ2v) is 6.63. The van der Waals surface area contributed by atoms with E-state index in [0.717, 1.165) is 6.42 Å². The van der Waals surface area contributed by atoms with Gasteiger partial charge in [0.25, 0.3) is 0 Å². The Labute approximate surface area is 122 Å². The Kier molecular flexibility index (Phi) is 15.4. The van der Waals surface area contributed by atoms with E-state index in [0.29, 0.717) is 14.5 Å². The predicted molar refractivity (Wildman–Crippen MR) is 76.7 cm³/mol. The van der Waals surface area contributed by atoms with E-state index in [1.165, 1.54) is 0 Å². The first kappa shape index (κ1) is 22.6. The van der Waals surface area contributed by atoms with Gasteiger partial charge in [0.2, 0.25) is 5.91 Å². The quantitative estimate of drug-likeness (QED) is 0.771. The summed E-state index contributed by atoms with van der Waals surface area (Å²) in [5, 5.41) is 2.87. The number of hydrogen-bond acceptors (Lipinski definition) is 1. The van der Waals surface area contributed by atoms with Gasteiger partial charge in [-0.25, -0.2) is 0 Å². The average Bonchev–Trinajstić information content (AvgIpc) is 2.19. The molecule has 2 unspecified atom stereocenters. The van der Waals surface area contributed by atoms with Crippen LogP contribution in [0.15, 0.2) is 0 Å². The fraction of sp³-hybridized carbons (Fsp3) is 0.923. The van der Waals surface area contributed by atoms with E-state index >= 15 is 0 Å². The first-order chi connectivity index (χ1) is 7.29. The maximum atomic E-state index is 11.8. The second-order valence-electron chi connectivity index (χ2n) is 4.88. The van der Waals surface area contributed by atoms with Crippen molar-refractivity contribution in [3.8, 4) is 0 Å². The topological polar surface area (TPSA) is 29.1 Å². The fourth-order valence-corrected chi connectivity index (χ4v) is 1.58. The monoisotopic (exact) mass is 298 g/mol. The zero-order chi connectivity index (χ0) is 13.4. The van der Waals surface area contributed by atoms with Crippen LogP contribution in [0.4, 0.5) is 0 Å². The van der Waals surface area contributed by atoms with E-state index in [1.807, 2.05) is 27.7 Å². The molecule has 0 saturated carbocycles. The molecular formula is C13H30NOPV. The van der Waals surface area contributed by atoms with Gasteiger partial charge in [-0.3, -0.25) is 4.79 Å². The Bertz CT molecular complexity index is 196. The van der Waals surface area contributed by atoms with Crippen molar-refractivity contribution in [3.05, 3.63) is 0 Å². The van der Waals surface area contributed by atoms with Crippen molar-refractivity contribution in [2.24, 2.45) is 5.92 Å². The molecule has 0 bridgehead atoms. The molecule has 0 aromatic rings. The van der Waals surface area contributed by atoms with Gasteiger partial charge in [0.05, 0.1) is 5.16 Å². The second kappa shape index (κ2) is 11.6. The summed E-state index contributed by atoms with van der Waals surface area (Å²) >= 11 is 0. The van der Waals surface area contributed by atoms with Crippen molar-refractivity contribution >= 4 is 14.5 Å². The summed E-state index contributed by atoms with van der Waals surface area (Å²) < 4.78 is 0. The first-order valence-corrected chi connectivity index (χ1v) is 7.79. The van der Waals surface area contributed by atoms with Crippen LogP contribution in [0.3, 0.4) is 0 Å². The normalized spacial score (nSPS) is 12.8. The molecule has 1 N–H and O–H groups in total. The van der Waals surface area contributed by atoms with Gasteiger partial charge in [0.15, 0.2) is 0 Å². The summed E-state index contributed by atoms with van der Waals surface area (Å²) in [6.45, 7) is 16.5. The van der Waals surface area contributed by atoms with Gasteiger partial charge in [-0.05, 0) is 39.8 Å². The summed E-state index contributed by atoms with van der Waals surface area (Å²) in [7, 11) is 0.648. The number of nitrogens with one attached hydrogen (secondary N) is 1. The van der Waals surface area contributed by atoms with Crippen molar-refractivity contribution < 1.29 is 23.4 Å². The Morgan fingerprint density at radius 3 is 1.94 bits per heavy atom. The van der Waals surface area contributed by atoms with Gasteiger partial charge >= 0.3 is 0 Å². The molecule has 1 amide bonds. The minimum Gasteiger partial charge on any atom is -0.353 e. The molecule has 0 aliphatic heterocycles. The van der Waals surface area contributed by atoms with Crippen LogP contribution in [0.25, 0.3) is 0 Å². The van der Waals surface area contributed by atoms with Crippen LogP contribution in [0.2, 0.25) is 0 Å². The van der Waals surface area contributed by atoms with Gasteiger partial charge in [0, 0.05) is 24.6 Å². The van der Waals surface area contributed by atoms with Crippen molar-refractivity contribution in [2.45, 2.75) is 66.1 Å². The van der Waals surface area contributed by atoms with E-state index in [9.17, 15) is 4.79 Å². The minimum absolute atomic E-state index is 0. The van der Waals surface area contributed by atoms with Crippen LogP contribution >= 0.6 is 8.58 Å². The van der Waals surface area contributed by atoms with Crippen molar-refractivity contribution in [1.82, 2.24) is 5.32 Å². The molecule has 4 heteroatoms. The number of amides is 1.